The van der Waals surface area contributed by atoms with E-state index < -0.39 is 32.8 Å². The van der Waals surface area contributed by atoms with Crippen LogP contribution in [0.25, 0.3) is 11.2 Å². The molecular weight excluding hydrogens is 493 g/mol. The molecule has 2 bridgehead atoms. The monoisotopic (exact) mass is 518 g/mol. The van der Waals surface area contributed by atoms with Crippen LogP contribution in [0.5, 0.6) is 0 Å². The van der Waals surface area contributed by atoms with E-state index in [1.807, 2.05) is 12.2 Å². The Bertz CT molecular complexity index is 1270. The Labute approximate surface area is 205 Å². The van der Waals surface area contributed by atoms with Crippen molar-refractivity contribution in [2.45, 2.75) is 31.3 Å². The van der Waals surface area contributed by atoms with Crippen molar-refractivity contribution in [2.75, 3.05) is 25.4 Å². The number of likely N-dealkylation sites (tertiary alicyclic amines) is 1. The summed E-state index contributed by atoms with van der Waals surface area (Å²) in [5.41, 5.74) is 6.60. The van der Waals surface area contributed by atoms with E-state index in [2.05, 4.69) is 20.0 Å². The number of nitrogens with two attached hydrogens (primary N) is 1. The molecule has 2 aliphatic heterocycles. The molecule has 2 amide bonds. The van der Waals surface area contributed by atoms with Gasteiger partial charge in [-0.1, -0.05) is 12.2 Å². The largest absolute Gasteiger partial charge is 0.766 e. The van der Waals surface area contributed by atoms with Crippen LogP contribution < -0.4 is 15.7 Å². The average molecular weight is 518 g/mol. The van der Waals surface area contributed by atoms with E-state index in [-0.39, 0.29) is 60.8 Å². The van der Waals surface area contributed by atoms with E-state index in [9.17, 15) is 24.2 Å². The number of allylic oxidation sites excluding steroid dienone is 2. The van der Waals surface area contributed by atoms with E-state index in [0.29, 0.717) is 11.2 Å². The highest BCUT2D eigenvalue weighted by atomic mass is 31.2. The van der Waals surface area contributed by atoms with Crippen molar-refractivity contribution in [3.05, 3.63) is 24.8 Å². The summed E-state index contributed by atoms with van der Waals surface area (Å²) < 4.78 is 25.3. The zero-order valence-electron chi connectivity index (χ0n) is 19.0. The number of aromatic nitrogens is 4. The molecule has 8 atom stereocenters. The molecule has 36 heavy (non-hydrogen) atoms. The van der Waals surface area contributed by atoms with Crippen LogP contribution >= 0.6 is 7.75 Å². The number of fused-ring (bicyclic) bond motifs is 6. The van der Waals surface area contributed by atoms with Crippen molar-refractivity contribution in [1.82, 2.24) is 29.5 Å². The van der Waals surface area contributed by atoms with Crippen LogP contribution in [-0.2, 0) is 23.4 Å². The average Bonchev–Trinajstić information content (AvgIpc) is 3.65. The molecule has 3 fully saturated rings. The number of amides is 2. The molecular formula is C21H25N7O7P-. The number of aliphatic hydroxyl groups excluding tert-OH is 1. The lowest BCUT2D eigenvalue weighted by molar-refractivity contribution is -0.208. The second-order valence-corrected chi connectivity index (χ2v) is 11.0. The third-order valence-electron chi connectivity index (χ3n) is 7.53. The molecule has 0 radical (unpaired) electrons. The third-order valence-corrected chi connectivity index (χ3v) is 8.69. The molecule has 15 heteroatoms. The maximum Gasteiger partial charge on any atom is 0.233 e. The first kappa shape index (κ1) is 23.6. The molecule has 1 saturated carbocycles. The van der Waals surface area contributed by atoms with Gasteiger partial charge in [-0.3, -0.25) is 28.7 Å². The molecule has 6 rings (SSSR count). The number of nitrogens with one attached hydrogen (secondary N) is 1. The lowest BCUT2D eigenvalue weighted by atomic mass is 9.85. The number of hydrogen-bond donors (Lipinski definition) is 3. The van der Waals surface area contributed by atoms with E-state index in [0.717, 1.165) is 11.3 Å². The molecule has 4 heterocycles. The number of ether oxygens (including phenoxy) is 1. The predicted octanol–water partition coefficient (Wildman–Crippen LogP) is -1.06. The summed E-state index contributed by atoms with van der Waals surface area (Å²) in [6.45, 7) is -0.723. The van der Waals surface area contributed by atoms with Crippen LogP contribution in [0.1, 0.15) is 19.1 Å². The minimum Gasteiger partial charge on any atom is -0.766 e. The normalized spacial score (nSPS) is 34.7. The van der Waals surface area contributed by atoms with Gasteiger partial charge < -0.3 is 25.0 Å². The highest BCUT2D eigenvalue weighted by Crippen LogP contribution is 2.52. The number of imidazole rings is 1. The first-order chi connectivity index (χ1) is 17.3. The van der Waals surface area contributed by atoms with Gasteiger partial charge in [0, 0.05) is 19.5 Å². The Morgan fingerprint density at radius 3 is 2.61 bits per heavy atom. The number of rotatable bonds is 8. The lowest BCUT2D eigenvalue weighted by Gasteiger charge is -2.29. The summed E-state index contributed by atoms with van der Waals surface area (Å²) in [5, 5.41) is 12.0. The fraction of sp³-hybridized carbons (Fsp3) is 0.571. The summed E-state index contributed by atoms with van der Waals surface area (Å²) in [6, 6.07) is 0. The lowest BCUT2D eigenvalue weighted by Crippen LogP contribution is -2.39. The van der Waals surface area contributed by atoms with Gasteiger partial charge in [0.15, 0.2) is 11.5 Å². The second-order valence-electron chi connectivity index (χ2n) is 9.51. The molecule has 0 aromatic carbocycles. The van der Waals surface area contributed by atoms with Crippen molar-refractivity contribution in [3.8, 4) is 0 Å². The summed E-state index contributed by atoms with van der Waals surface area (Å²) in [4.78, 5) is 51.5. The minimum atomic E-state index is -4.61. The van der Waals surface area contributed by atoms with Gasteiger partial charge in [0.1, 0.15) is 24.2 Å². The number of carbonyl (C=O) groups excluding carboxylic acids is 2. The van der Waals surface area contributed by atoms with Crippen LogP contribution in [0, 0.1) is 23.7 Å². The second kappa shape index (κ2) is 8.68. The van der Waals surface area contributed by atoms with Gasteiger partial charge in [-0.25, -0.2) is 15.0 Å². The van der Waals surface area contributed by atoms with E-state index in [4.69, 9.17) is 15.0 Å². The Morgan fingerprint density at radius 2 is 1.92 bits per heavy atom. The fourth-order valence-electron chi connectivity index (χ4n) is 5.93. The molecule has 6 unspecified atom stereocenters. The van der Waals surface area contributed by atoms with Crippen LogP contribution in [0.2, 0.25) is 0 Å². The number of carbonyl (C=O) groups is 2. The Balaban J connectivity index is 1.07. The van der Waals surface area contributed by atoms with Crippen LogP contribution in [0.4, 0.5) is 5.82 Å². The molecule has 192 valence electrons. The molecule has 14 nitrogen and oxygen atoms in total. The number of imide groups is 1. The van der Waals surface area contributed by atoms with Gasteiger partial charge in [-0.2, -0.15) is 0 Å². The Hall–Kier alpha value is -2.74. The standard InChI is InChI=1S/C21H26N7O7P/c22-18-17-19(24-8-23-18)28(9-25-17)14-6-12(13(7-29)34-14)35-36(32,33)26-3-4-27-20(30)15-10-1-2-11(5-10)16(15)21(27)31/h1-2,8-16,29H,3-7H2,(H2,22,23,24)(H2,26,32,33)/p-1/t10?,11?,12?,13-,14-,15?,16?/m1/s1. The van der Waals surface area contributed by atoms with Crippen LogP contribution in [0.3, 0.4) is 0 Å². The zero-order chi connectivity index (χ0) is 25.2. The van der Waals surface area contributed by atoms with Crippen LogP contribution in [0.15, 0.2) is 24.8 Å². The first-order valence-corrected chi connectivity index (χ1v) is 13.3. The van der Waals surface area contributed by atoms with Gasteiger partial charge in [-0.15, -0.1) is 0 Å². The van der Waals surface area contributed by atoms with E-state index in [1.165, 1.54) is 12.7 Å². The maximum atomic E-state index is 12.8. The number of nitrogen functional groups attached to an aromatic ring is 1. The van der Waals surface area contributed by atoms with Gasteiger partial charge in [-0.05, 0) is 18.3 Å². The first-order valence-electron chi connectivity index (χ1n) is 11.7. The Kier molecular flexibility index (Phi) is 5.70. The summed E-state index contributed by atoms with van der Waals surface area (Å²) in [6.07, 6.45) is 5.06. The summed E-state index contributed by atoms with van der Waals surface area (Å²) in [7, 11) is -4.61. The smallest absolute Gasteiger partial charge is 0.233 e. The van der Waals surface area contributed by atoms with Gasteiger partial charge in [0.25, 0.3) is 0 Å². The van der Waals surface area contributed by atoms with E-state index in [1.54, 1.807) is 4.57 Å². The molecule has 4 N–H and O–H groups in total. The quantitative estimate of drug-likeness (QED) is 0.218. The molecule has 2 aliphatic carbocycles. The Morgan fingerprint density at radius 1 is 1.19 bits per heavy atom. The van der Waals surface area contributed by atoms with Crippen molar-refractivity contribution in [2.24, 2.45) is 23.7 Å². The SMILES string of the molecule is Nc1ncnc2c1ncn2[C@H]1CC(OP(=O)([O-])NCCN2C(=O)C3C4C=CC(C4)C3C2=O)[C@@H](CO)O1. The third kappa shape index (κ3) is 3.76. The molecule has 2 aromatic heterocycles. The molecule has 4 aliphatic rings. The number of anilines is 1. The topological polar surface area (TPSA) is 198 Å². The van der Waals surface area contributed by atoms with Gasteiger partial charge >= 0.3 is 0 Å². The minimum absolute atomic E-state index is 0.0743. The fourth-order valence-corrected chi connectivity index (χ4v) is 6.95. The van der Waals surface area contributed by atoms with Gasteiger partial charge in [0.2, 0.25) is 19.6 Å². The van der Waals surface area contributed by atoms with Crippen molar-refractivity contribution in [1.29, 1.82) is 0 Å². The predicted molar refractivity (Wildman–Crippen MR) is 120 cm³/mol. The number of hydrogen-bond acceptors (Lipinski definition) is 11. The summed E-state index contributed by atoms with van der Waals surface area (Å²) >= 11 is 0. The van der Waals surface area contributed by atoms with Crippen molar-refractivity contribution in [3.63, 3.8) is 0 Å². The van der Waals surface area contributed by atoms with Crippen LogP contribution in [-0.4, -0.2) is 73.2 Å². The maximum absolute atomic E-state index is 12.8. The molecule has 0 spiro atoms. The highest BCUT2D eigenvalue weighted by molar-refractivity contribution is 7.49. The summed E-state index contributed by atoms with van der Waals surface area (Å²) in [5.74, 6) is -0.779. The number of aliphatic hydroxyl groups is 1. The number of nitrogens with zero attached hydrogens (tertiary/aromatic N) is 5. The van der Waals surface area contributed by atoms with Gasteiger partial charge in [0.05, 0.1) is 30.9 Å². The molecule has 2 aromatic rings. The molecule has 2 saturated heterocycles. The highest BCUT2D eigenvalue weighted by Gasteiger charge is 2.59. The zero-order valence-corrected chi connectivity index (χ0v) is 19.9. The van der Waals surface area contributed by atoms with E-state index >= 15 is 0 Å². The van der Waals surface area contributed by atoms with Crippen molar-refractivity contribution < 1.29 is 33.4 Å². The van der Waals surface area contributed by atoms with Crippen molar-refractivity contribution >= 4 is 36.5 Å².